The van der Waals surface area contributed by atoms with Gasteiger partial charge in [0, 0.05) is 43.7 Å². The molecule has 0 radical (unpaired) electrons. The SMILES string of the molecule is OCC1CCN(c2nc(CN3CCOCC3)nc3scc(-c4ccccc4)c23)CC1. The van der Waals surface area contributed by atoms with E-state index in [4.69, 9.17) is 14.7 Å². The van der Waals surface area contributed by atoms with Crippen molar-refractivity contribution < 1.29 is 9.84 Å². The van der Waals surface area contributed by atoms with Gasteiger partial charge in [-0.25, -0.2) is 9.97 Å². The molecule has 2 aliphatic heterocycles. The van der Waals surface area contributed by atoms with Gasteiger partial charge in [-0.3, -0.25) is 4.90 Å². The Hall–Kier alpha value is -2.06. The van der Waals surface area contributed by atoms with E-state index in [0.29, 0.717) is 5.92 Å². The van der Waals surface area contributed by atoms with Gasteiger partial charge in [-0.05, 0) is 24.3 Å². The smallest absolute Gasteiger partial charge is 0.146 e. The van der Waals surface area contributed by atoms with Gasteiger partial charge in [0.25, 0.3) is 0 Å². The molecule has 1 aromatic carbocycles. The minimum absolute atomic E-state index is 0.281. The first kappa shape index (κ1) is 19.9. The largest absolute Gasteiger partial charge is 0.396 e. The van der Waals surface area contributed by atoms with Crippen LogP contribution in [0.15, 0.2) is 35.7 Å². The molecular formula is C23H28N4O2S. The number of benzene rings is 1. The van der Waals surface area contributed by atoms with Crippen LogP contribution in [0.4, 0.5) is 5.82 Å². The Balaban J connectivity index is 1.54. The fourth-order valence-electron chi connectivity index (χ4n) is 4.38. The van der Waals surface area contributed by atoms with E-state index in [0.717, 1.165) is 75.3 Å². The molecule has 5 rings (SSSR count). The lowest BCUT2D eigenvalue weighted by molar-refractivity contribution is 0.0331. The average molecular weight is 425 g/mol. The van der Waals surface area contributed by atoms with Crippen molar-refractivity contribution in [2.75, 3.05) is 50.9 Å². The van der Waals surface area contributed by atoms with Gasteiger partial charge in [-0.1, -0.05) is 30.3 Å². The number of thiophene rings is 1. The van der Waals surface area contributed by atoms with E-state index in [-0.39, 0.29) is 6.61 Å². The van der Waals surface area contributed by atoms with Crippen LogP contribution in [0.1, 0.15) is 18.7 Å². The predicted molar refractivity (Wildman–Crippen MR) is 121 cm³/mol. The van der Waals surface area contributed by atoms with E-state index in [1.165, 1.54) is 16.5 Å². The van der Waals surface area contributed by atoms with Crippen molar-refractivity contribution in [3.63, 3.8) is 0 Å². The van der Waals surface area contributed by atoms with Crippen LogP contribution in [0.5, 0.6) is 0 Å². The number of aliphatic hydroxyl groups excluding tert-OH is 1. The van der Waals surface area contributed by atoms with Gasteiger partial charge >= 0.3 is 0 Å². The van der Waals surface area contributed by atoms with Crippen molar-refractivity contribution in [1.29, 1.82) is 0 Å². The molecule has 0 spiro atoms. The Morgan fingerprint density at radius 3 is 2.53 bits per heavy atom. The molecule has 7 heteroatoms. The molecule has 0 unspecified atom stereocenters. The van der Waals surface area contributed by atoms with Crippen molar-refractivity contribution in [3.05, 3.63) is 41.5 Å². The molecule has 0 atom stereocenters. The van der Waals surface area contributed by atoms with E-state index in [2.05, 4.69) is 45.5 Å². The molecule has 2 saturated heterocycles. The molecule has 0 amide bonds. The Morgan fingerprint density at radius 2 is 1.80 bits per heavy atom. The summed E-state index contributed by atoms with van der Waals surface area (Å²) in [5.74, 6) is 2.35. The first-order valence-electron chi connectivity index (χ1n) is 10.8. The molecule has 158 valence electrons. The number of aromatic nitrogens is 2. The third-order valence-corrected chi connectivity index (χ3v) is 7.06. The van der Waals surface area contributed by atoms with Crippen LogP contribution in [-0.2, 0) is 11.3 Å². The summed E-state index contributed by atoms with van der Waals surface area (Å²) in [6.07, 6.45) is 2.01. The normalized spacial score (nSPS) is 18.9. The quantitative estimate of drug-likeness (QED) is 0.677. The average Bonchev–Trinajstić information content (AvgIpc) is 3.24. The van der Waals surface area contributed by atoms with Crippen LogP contribution >= 0.6 is 11.3 Å². The van der Waals surface area contributed by atoms with E-state index in [1.54, 1.807) is 11.3 Å². The van der Waals surface area contributed by atoms with Crippen LogP contribution in [0, 0.1) is 5.92 Å². The van der Waals surface area contributed by atoms with Gasteiger partial charge in [-0.2, -0.15) is 0 Å². The highest BCUT2D eigenvalue weighted by Crippen LogP contribution is 2.39. The summed E-state index contributed by atoms with van der Waals surface area (Å²) in [5, 5.41) is 12.9. The first-order chi connectivity index (χ1) is 14.8. The number of aliphatic hydroxyl groups is 1. The summed E-state index contributed by atoms with van der Waals surface area (Å²) in [6, 6.07) is 10.5. The number of fused-ring (bicyclic) bond motifs is 1. The maximum absolute atomic E-state index is 9.55. The van der Waals surface area contributed by atoms with E-state index < -0.39 is 0 Å². The predicted octanol–water partition coefficient (Wildman–Crippen LogP) is 3.40. The molecule has 0 bridgehead atoms. The van der Waals surface area contributed by atoms with Crippen LogP contribution in [0.25, 0.3) is 21.3 Å². The molecule has 6 nitrogen and oxygen atoms in total. The zero-order chi connectivity index (χ0) is 20.3. The highest BCUT2D eigenvalue weighted by Gasteiger charge is 2.25. The van der Waals surface area contributed by atoms with Crippen molar-refractivity contribution in [3.8, 4) is 11.1 Å². The summed E-state index contributed by atoms with van der Waals surface area (Å²) in [4.78, 5) is 15.9. The van der Waals surface area contributed by atoms with Crippen molar-refractivity contribution in [1.82, 2.24) is 14.9 Å². The molecular weight excluding hydrogens is 396 g/mol. The molecule has 0 aliphatic carbocycles. The highest BCUT2D eigenvalue weighted by molar-refractivity contribution is 7.17. The third-order valence-electron chi connectivity index (χ3n) is 6.19. The number of anilines is 1. The van der Waals surface area contributed by atoms with Crippen molar-refractivity contribution in [2.24, 2.45) is 5.92 Å². The van der Waals surface area contributed by atoms with Gasteiger partial charge < -0.3 is 14.7 Å². The number of morpholine rings is 1. The van der Waals surface area contributed by atoms with Crippen molar-refractivity contribution >= 4 is 27.4 Å². The zero-order valence-electron chi connectivity index (χ0n) is 17.2. The summed E-state index contributed by atoms with van der Waals surface area (Å²) < 4.78 is 5.49. The molecule has 2 aromatic heterocycles. The van der Waals surface area contributed by atoms with Gasteiger partial charge in [0.1, 0.15) is 16.5 Å². The lowest BCUT2D eigenvalue weighted by Crippen LogP contribution is -2.37. The number of ether oxygens (including phenoxy) is 1. The Morgan fingerprint density at radius 1 is 1.03 bits per heavy atom. The Kier molecular flexibility index (Phi) is 5.95. The Bertz CT molecular complexity index is 980. The van der Waals surface area contributed by atoms with Crippen LogP contribution < -0.4 is 4.90 Å². The summed E-state index contributed by atoms with van der Waals surface area (Å²) >= 11 is 1.71. The molecule has 2 fully saturated rings. The molecule has 2 aliphatic rings. The standard InChI is InChI=1S/C23H28N4O2S/c28-15-17-6-8-27(9-7-17)22-21-19(18-4-2-1-3-5-18)16-30-23(21)25-20(24-22)14-26-10-12-29-13-11-26/h1-5,16-17,28H,6-15H2. The summed E-state index contributed by atoms with van der Waals surface area (Å²) in [7, 11) is 0. The number of piperidine rings is 1. The topological polar surface area (TPSA) is 61.7 Å². The fraction of sp³-hybridized carbons (Fsp3) is 0.478. The maximum atomic E-state index is 9.55. The van der Waals surface area contributed by atoms with Crippen LogP contribution in [0.2, 0.25) is 0 Å². The first-order valence-corrected chi connectivity index (χ1v) is 11.7. The number of nitrogens with zero attached hydrogens (tertiary/aromatic N) is 4. The van der Waals surface area contributed by atoms with Gasteiger partial charge in [0.05, 0.1) is 25.1 Å². The lowest BCUT2D eigenvalue weighted by Gasteiger charge is -2.33. The lowest BCUT2D eigenvalue weighted by atomic mass is 9.97. The Labute approximate surface area is 181 Å². The fourth-order valence-corrected chi connectivity index (χ4v) is 5.34. The number of hydrogen-bond donors (Lipinski definition) is 1. The maximum Gasteiger partial charge on any atom is 0.146 e. The molecule has 1 N–H and O–H groups in total. The zero-order valence-corrected chi connectivity index (χ0v) is 18.0. The minimum atomic E-state index is 0.281. The molecule has 3 aromatic rings. The second-order valence-corrected chi connectivity index (χ2v) is 9.02. The number of rotatable bonds is 5. The van der Waals surface area contributed by atoms with Gasteiger partial charge in [0.2, 0.25) is 0 Å². The highest BCUT2D eigenvalue weighted by atomic mass is 32.1. The van der Waals surface area contributed by atoms with E-state index >= 15 is 0 Å². The molecule has 30 heavy (non-hydrogen) atoms. The third kappa shape index (κ3) is 4.07. The second kappa shape index (κ2) is 8.98. The molecule has 4 heterocycles. The van der Waals surface area contributed by atoms with E-state index in [9.17, 15) is 5.11 Å². The number of hydrogen-bond acceptors (Lipinski definition) is 7. The minimum Gasteiger partial charge on any atom is -0.396 e. The summed E-state index contributed by atoms with van der Waals surface area (Å²) in [6.45, 7) is 6.32. The second-order valence-electron chi connectivity index (χ2n) is 8.16. The van der Waals surface area contributed by atoms with Crippen molar-refractivity contribution in [2.45, 2.75) is 19.4 Å². The van der Waals surface area contributed by atoms with Gasteiger partial charge in [0.15, 0.2) is 0 Å². The molecule has 0 saturated carbocycles. The monoisotopic (exact) mass is 424 g/mol. The summed E-state index contributed by atoms with van der Waals surface area (Å²) in [5.41, 5.74) is 2.42. The van der Waals surface area contributed by atoms with Crippen LogP contribution in [-0.4, -0.2) is 66.0 Å². The van der Waals surface area contributed by atoms with Crippen LogP contribution in [0.3, 0.4) is 0 Å². The van der Waals surface area contributed by atoms with Gasteiger partial charge in [-0.15, -0.1) is 11.3 Å². The van der Waals surface area contributed by atoms with E-state index in [1.807, 2.05) is 0 Å².